The predicted molar refractivity (Wildman–Crippen MR) is 102 cm³/mol. The van der Waals surface area contributed by atoms with Crippen LogP contribution in [0.25, 0.3) is 11.5 Å². The molecule has 25 heavy (non-hydrogen) atoms. The van der Waals surface area contributed by atoms with E-state index in [0.717, 1.165) is 15.4 Å². The molecule has 1 amide bonds. The SMILES string of the molecule is CSc1ccc(-c2nnc(NC(=O)CSc3ccc(Cl)cc3)o2)cc1. The molecule has 0 saturated heterocycles. The van der Waals surface area contributed by atoms with Crippen LogP contribution in [-0.2, 0) is 4.79 Å². The number of aromatic nitrogens is 2. The Morgan fingerprint density at radius 3 is 2.44 bits per heavy atom. The Labute approximate surface area is 158 Å². The zero-order chi connectivity index (χ0) is 17.6. The van der Waals surface area contributed by atoms with Crippen molar-refractivity contribution in [1.82, 2.24) is 10.2 Å². The Morgan fingerprint density at radius 1 is 1.08 bits per heavy atom. The van der Waals surface area contributed by atoms with Gasteiger partial charge in [0, 0.05) is 20.4 Å². The third-order valence-corrected chi connectivity index (χ3v) is 5.20. The van der Waals surface area contributed by atoms with Gasteiger partial charge in [0.1, 0.15) is 0 Å². The summed E-state index contributed by atoms with van der Waals surface area (Å²) in [4.78, 5) is 14.1. The van der Waals surface area contributed by atoms with Gasteiger partial charge in [0.25, 0.3) is 0 Å². The van der Waals surface area contributed by atoms with Crippen LogP contribution in [0.1, 0.15) is 0 Å². The van der Waals surface area contributed by atoms with E-state index < -0.39 is 0 Å². The van der Waals surface area contributed by atoms with Crippen molar-refractivity contribution in [3.63, 3.8) is 0 Å². The molecule has 0 spiro atoms. The summed E-state index contributed by atoms with van der Waals surface area (Å²) in [5.41, 5.74) is 0.807. The minimum atomic E-state index is -0.215. The predicted octanol–water partition coefficient (Wildman–Crippen LogP) is 4.84. The number of nitrogens with one attached hydrogen (secondary N) is 1. The van der Waals surface area contributed by atoms with Gasteiger partial charge in [0.2, 0.25) is 11.8 Å². The summed E-state index contributed by atoms with van der Waals surface area (Å²) in [6, 6.07) is 15.2. The molecule has 0 aliphatic rings. The first-order valence-corrected chi connectivity index (χ1v) is 9.89. The van der Waals surface area contributed by atoms with Gasteiger partial charge < -0.3 is 4.42 Å². The first-order valence-electron chi connectivity index (χ1n) is 7.30. The van der Waals surface area contributed by atoms with Crippen molar-refractivity contribution >= 4 is 47.0 Å². The number of rotatable bonds is 6. The molecule has 0 radical (unpaired) electrons. The zero-order valence-corrected chi connectivity index (χ0v) is 15.6. The molecule has 0 bridgehead atoms. The van der Waals surface area contributed by atoms with Gasteiger partial charge in [-0.3, -0.25) is 10.1 Å². The van der Waals surface area contributed by atoms with E-state index >= 15 is 0 Å². The lowest BCUT2D eigenvalue weighted by Gasteiger charge is -2.01. The molecule has 8 heteroatoms. The molecule has 0 fully saturated rings. The number of carbonyl (C=O) groups excluding carboxylic acids is 1. The summed E-state index contributed by atoms with van der Waals surface area (Å²) in [7, 11) is 0. The maximum absolute atomic E-state index is 12.0. The molecule has 2 aromatic carbocycles. The molecule has 0 aliphatic carbocycles. The fourth-order valence-corrected chi connectivity index (χ4v) is 3.19. The van der Waals surface area contributed by atoms with E-state index in [4.69, 9.17) is 16.0 Å². The third kappa shape index (κ3) is 5.01. The molecule has 1 heterocycles. The van der Waals surface area contributed by atoms with Crippen molar-refractivity contribution < 1.29 is 9.21 Å². The van der Waals surface area contributed by atoms with Crippen molar-refractivity contribution in [3.05, 3.63) is 53.6 Å². The second-order valence-corrected chi connectivity index (χ2v) is 7.30. The smallest absolute Gasteiger partial charge is 0.322 e. The van der Waals surface area contributed by atoms with Crippen molar-refractivity contribution in [1.29, 1.82) is 0 Å². The average molecular weight is 392 g/mol. The van der Waals surface area contributed by atoms with Gasteiger partial charge in [0.15, 0.2) is 0 Å². The number of anilines is 1. The number of hydrogen-bond donors (Lipinski definition) is 1. The summed E-state index contributed by atoms with van der Waals surface area (Å²) in [5.74, 6) is 0.392. The van der Waals surface area contributed by atoms with Crippen molar-refractivity contribution in [3.8, 4) is 11.5 Å². The first-order chi connectivity index (χ1) is 12.1. The lowest BCUT2D eigenvalue weighted by molar-refractivity contribution is -0.113. The Hall–Kier alpha value is -1.96. The lowest BCUT2D eigenvalue weighted by Crippen LogP contribution is -2.14. The van der Waals surface area contributed by atoms with Crippen molar-refractivity contribution in [2.45, 2.75) is 9.79 Å². The second kappa shape index (κ2) is 8.42. The number of benzene rings is 2. The molecule has 3 aromatic rings. The Kier molecular flexibility index (Phi) is 6.01. The quantitative estimate of drug-likeness (QED) is 0.606. The third-order valence-electron chi connectivity index (χ3n) is 3.19. The molecule has 1 aromatic heterocycles. The molecule has 128 valence electrons. The van der Waals surface area contributed by atoms with E-state index in [-0.39, 0.29) is 17.7 Å². The van der Waals surface area contributed by atoms with Gasteiger partial charge in [-0.1, -0.05) is 16.7 Å². The summed E-state index contributed by atoms with van der Waals surface area (Å²) in [6.07, 6.45) is 2.01. The highest BCUT2D eigenvalue weighted by Gasteiger charge is 2.11. The summed E-state index contributed by atoms with van der Waals surface area (Å²) in [5, 5.41) is 11.1. The summed E-state index contributed by atoms with van der Waals surface area (Å²) < 4.78 is 5.49. The Morgan fingerprint density at radius 2 is 1.76 bits per heavy atom. The monoisotopic (exact) mass is 391 g/mol. The molecule has 0 aliphatic heterocycles. The first kappa shape index (κ1) is 17.8. The molecule has 5 nitrogen and oxygen atoms in total. The van der Waals surface area contributed by atoms with Gasteiger partial charge in [-0.15, -0.1) is 28.6 Å². The average Bonchev–Trinajstić information content (AvgIpc) is 3.10. The van der Waals surface area contributed by atoms with E-state index in [1.54, 1.807) is 23.9 Å². The number of hydrogen-bond acceptors (Lipinski definition) is 6. The van der Waals surface area contributed by atoms with E-state index in [1.807, 2.05) is 42.7 Å². The molecular formula is C17H14ClN3O2S2. The maximum Gasteiger partial charge on any atom is 0.322 e. The lowest BCUT2D eigenvalue weighted by atomic mass is 10.2. The number of nitrogens with zero attached hydrogens (tertiary/aromatic N) is 2. The second-order valence-electron chi connectivity index (χ2n) is 4.93. The largest absolute Gasteiger partial charge is 0.403 e. The van der Waals surface area contributed by atoms with Crippen molar-refractivity contribution in [2.24, 2.45) is 0 Å². The van der Waals surface area contributed by atoms with Crippen LogP contribution in [0.5, 0.6) is 0 Å². The molecule has 1 N–H and O–H groups in total. The number of amides is 1. The molecular weight excluding hydrogens is 378 g/mol. The fourth-order valence-electron chi connectivity index (χ4n) is 1.96. The number of halogens is 1. The fraction of sp³-hybridized carbons (Fsp3) is 0.118. The van der Waals surface area contributed by atoms with Crippen LogP contribution in [0.15, 0.2) is 62.7 Å². The van der Waals surface area contributed by atoms with Gasteiger partial charge in [-0.25, -0.2) is 0 Å². The highest BCUT2D eigenvalue weighted by atomic mass is 35.5. The standard InChI is InChI=1S/C17H14ClN3O2S2/c1-24-13-6-2-11(3-7-13)16-20-21-17(23-16)19-15(22)10-25-14-8-4-12(18)5-9-14/h2-9H,10H2,1H3,(H,19,21,22). The maximum atomic E-state index is 12.0. The van der Waals surface area contributed by atoms with Crippen LogP contribution in [-0.4, -0.2) is 28.1 Å². The highest BCUT2D eigenvalue weighted by Crippen LogP contribution is 2.24. The van der Waals surface area contributed by atoms with Gasteiger partial charge in [-0.05, 0) is 54.8 Å². The summed E-state index contributed by atoms with van der Waals surface area (Å²) in [6.45, 7) is 0. The van der Waals surface area contributed by atoms with Gasteiger partial charge in [-0.2, -0.15) is 0 Å². The van der Waals surface area contributed by atoms with E-state index in [2.05, 4.69) is 15.5 Å². The molecule has 3 rings (SSSR count). The van der Waals surface area contributed by atoms with Crippen LogP contribution < -0.4 is 5.32 Å². The number of thioether (sulfide) groups is 2. The van der Waals surface area contributed by atoms with Crippen LogP contribution in [0.3, 0.4) is 0 Å². The van der Waals surface area contributed by atoms with Gasteiger partial charge >= 0.3 is 6.01 Å². The molecule has 0 atom stereocenters. The van der Waals surface area contributed by atoms with Gasteiger partial charge in [0.05, 0.1) is 5.75 Å². The minimum absolute atomic E-state index is 0.0886. The number of carbonyl (C=O) groups is 1. The van der Waals surface area contributed by atoms with Crippen LogP contribution >= 0.6 is 35.1 Å². The Balaban J connectivity index is 1.56. The summed E-state index contributed by atoms with van der Waals surface area (Å²) >= 11 is 8.89. The van der Waals surface area contributed by atoms with E-state index in [1.165, 1.54) is 11.8 Å². The van der Waals surface area contributed by atoms with Crippen LogP contribution in [0.4, 0.5) is 6.01 Å². The topological polar surface area (TPSA) is 68.0 Å². The Bertz CT molecular complexity index is 851. The normalized spacial score (nSPS) is 10.6. The van der Waals surface area contributed by atoms with E-state index in [9.17, 15) is 4.79 Å². The zero-order valence-electron chi connectivity index (χ0n) is 13.2. The van der Waals surface area contributed by atoms with E-state index in [0.29, 0.717) is 10.9 Å². The van der Waals surface area contributed by atoms with Crippen molar-refractivity contribution in [2.75, 3.05) is 17.3 Å². The molecule has 0 unspecified atom stereocenters. The van der Waals surface area contributed by atoms with Crippen LogP contribution in [0, 0.1) is 0 Å². The minimum Gasteiger partial charge on any atom is -0.403 e. The van der Waals surface area contributed by atoms with Crippen LogP contribution in [0.2, 0.25) is 5.02 Å². The molecule has 0 saturated carbocycles. The highest BCUT2D eigenvalue weighted by molar-refractivity contribution is 8.00.